The minimum Gasteiger partial charge on any atom is -0.481 e. The topological polar surface area (TPSA) is 63.3 Å². The summed E-state index contributed by atoms with van der Waals surface area (Å²) in [4.78, 5) is 10.7. The SMILES string of the molecule is NCC(C(=O)O)c1ccc(F)c(Cl)c1F. The molecule has 0 saturated heterocycles. The smallest absolute Gasteiger partial charge is 0.312 e. The van der Waals surface area contributed by atoms with Crippen LogP contribution in [0.4, 0.5) is 8.78 Å². The van der Waals surface area contributed by atoms with Gasteiger partial charge in [0.05, 0.1) is 5.92 Å². The number of halogens is 3. The molecule has 82 valence electrons. The predicted molar refractivity (Wildman–Crippen MR) is 50.8 cm³/mol. The van der Waals surface area contributed by atoms with Crippen LogP contribution in [0.2, 0.25) is 5.02 Å². The van der Waals surface area contributed by atoms with Crippen LogP contribution in [0.1, 0.15) is 11.5 Å². The summed E-state index contributed by atoms with van der Waals surface area (Å²) < 4.78 is 26.1. The highest BCUT2D eigenvalue weighted by Gasteiger charge is 2.24. The van der Waals surface area contributed by atoms with Gasteiger partial charge in [0.1, 0.15) is 16.7 Å². The molecule has 15 heavy (non-hydrogen) atoms. The highest BCUT2D eigenvalue weighted by molar-refractivity contribution is 6.31. The lowest BCUT2D eigenvalue weighted by molar-refractivity contribution is -0.138. The van der Waals surface area contributed by atoms with Gasteiger partial charge in [0.25, 0.3) is 0 Å². The molecule has 0 aromatic heterocycles. The van der Waals surface area contributed by atoms with E-state index in [4.69, 9.17) is 22.4 Å². The molecule has 0 saturated carbocycles. The molecule has 0 aliphatic heterocycles. The summed E-state index contributed by atoms with van der Waals surface area (Å²) in [7, 11) is 0. The van der Waals surface area contributed by atoms with E-state index in [1.165, 1.54) is 0 Å². The summed E-state index contributed by atoms with van der Waals surface area (Å²) in [6, 6.07) is 1.94. The van der Waals surface area contributed by atoms with Crippen molar-refractivity contribution in [2.45, 2.75) is 5.92 Å². The second kappa shape index (κ2) is 4.55. The van der Waals surface area contributed by atoms with Gasteiger partial charge in [0, 0.05) is 12.1 Å². The Labute approximate surface area is 89.5 Å². The standard InChI is InChI=1S/C9H8ClF2NO2/c10-7-6(11)2-1-4(8(7)12)5(3-13)9(14)15/h1-2,5H,3,13H2,(H,14,15). The van der Waals surface area contributed by atoms with E-state index >= 15 is 0 Å². The second-order valence-electron chi connectivity index (χ2n) is 2.89. The molecule has 1 aromatic rings. The summed E-state index contributed by atoms with van der Waals surface area (Å²) in [6.45, 7) is -0.284. The van der Waals surface area contributed by atoms with Gasteiger partial charge in [0.2, 0.25) is 0 Å². The lowest BCUT2D eigenvalue weighted by Crippen LogP contribution is -2.22. The third-order valence-electron chi connectivity index (χ3n) is 1.97. The number of nitrogens with two attached hydrogens (primary N) is 1. The van der Waals surface area contributed by atoms with Crippen LogP contribution in [0.3, 0.4) is 0 Å². The molecule has 1 unspecified atom stereocenters. The number of hydrogen-bond acceptors (Lipinski definition) is 2. The van der Waals surface area contributed by atoms with Crippen molar-refractivity contribution >= 4 is 17.6 Å². The first-order chi connectivity index (χ1) is 6.99. The number of benzene rings is 1. The van der Waals surface area contributed by atoms with Crippen LogP contribution in [0.15, 0.2) is 12.1 Å². The first kappa shape index (κ1) is 11.9. The molecule has 1 rings (SSSR count). The van der Waals surface area contributed by atoms with Gasteiger partial charge in [-0.1, -0.05) is 17.7 Å². The lowest BCUT2D eigenvalue weighted by atomic mass is 9.99. The highest BCUT2D eigenvalue weighted by atomic mass is 35.5. The maximum atomic E-state index is 13.4. The molecule has 6 heteroatoms. The van der Waals surface area contributed by atoms with Crippen molar-refractivity contribution < 1.29 is 18.7 Å². The van der Waals surface area contributed by atoms with Crippen molar-refractivity contribution in [1.82, 2.24) is 0 Å². The van der Waals surface area contributed by atoms with Gasteiger partial charge in [-0.2, -0.15) is 0 Å². The Balaban J connectivity index is 3.25. The number of carbonyl (C=O) groups is 1. The van der Waals surface area contributed by atoms with E-state index in [-0.39, 0.29) is 12.1 Å². The summed E-state index contributed by atoms with van der Waals surface area (Å²) in [5.74, 6) is -4.50. The number of rotatable bonds is 3. The van der Waals surface area contributed by atoms with Crippen LogP contribution in [0, 0.1) is 11.6 Å². The maximum Gasteiger partial charge on any atom is 0.312 e. The zero-order valence-corrected chi connectivity index (χ0v) is 8.26. The summed E-state index contributed by atoms with van der Waals surface area (Å²) in [6.07, 6.45) is 0. The molecule has 3 nitrogen and oxygen atoms in total. The fraction of sp³-hybridized carbons (Fsp3) is 0.222. The van der Waals surface area contributed by atoms with Crippen molar-refractivity contribution in [3.63, 3.8) is 0 Å². The summed E-state index contributed by atoms with van der Waals surface area (Å²) in [5.41, 5.74) is 4.97. The normalized spacial score (nSPS) is 12.5. The maximum absolute atomic E-state index is 13.4. The third-order valence-corrected chi connectivity index (χ3v) is 2.32. The quantitative estimate of drug-likeness (QED) is 0.785. The molecule has 0 bridgehead atoms. The van der Waals surface area contributed by atoms with E-state index in [1.54, 1.807) is 0 Å². The van der Waals surface area contributed by atoms with E-state index in [9.17, 15) is 13.6 Å². The van der Waals surface area contributed by atoms with Crippen LogP contribution in [-0.2, 0) is 4.79 Å². The predicted octanol–water partition coefficient (Wildman–Crippen LogP) is 1.75. The molecule has 1 aromatic carbocycles. The molecular weight excluding hydrogens is 228 g/mol. The van der Waals surface area contributed by atoms with Gasteiger partial charge < -0.3 is 10.8 Å². The van der Waals surface area contributed by atoms with Crippen LogP contribution >= 0.6 is 11.6 Å². The van der Waals surface area contributed by atoms with Gasteiger partial charge in [-0.3, -0.25) is 4.79 Å². The number of carboxylic acids is 1. The van der Waals surface area contributed by atoms with Gasteiger partial charge in [-0.25, -0.2) is 8.78 Å². The number of hydrogen-bond donors (Lipinski definition) is 2. The number of carboxylic acid groups (broad SMARTS) is 1. The lowest BCUT2D eigenvalue weighted by Gasteiger charge is -2.11. The van der Waals surface area contributed by atoms with Crippen molar-refractivity contribution in [2.24, 2.45) is 5.73 Å². The van der Waals surface area contributed by atoms with Crippen LogP contribution in [0.5, 0.6) is 0 Å². The average Bonchev–Trinajstić information content (AvgIpc) is 2.18. The molecule has 1 atom stereocenters. The van der Waals surface area contributed by atoms with E-state index in [0.717, 1.165) is 12.1 Å². The Hall–Kier alpha value is -1.20. The molecule has 0 fully saturated rings. The molecule has 0 aliphatic carbocycles. The highest BCUT2D eigenvalue weighted by Crippen LogP contribution is 2.26. The fourth-order valence-electron chi connectivity index (χ4n) is 1.17. The van der Waals surface area contributed by atoms with E-state index < -0.39 is 28.5 Å². The summed E-state index contributed by atoms with van der Waals surface area (Å²) in [5, 5.41) is 8.01. The van der Waals surface area contributed by atoms with Gasteiger partial charge in [-0.05, 0) is 6.07 Å². The van der Waals surface area contributed by atoms with Gasteiger partial charge in [-0.15, -0.1) is 0 Å². The zero-order valence-electron chi connectivity index (χ0n) is 7.51. The average molecular weight is 236 g/mol. The molecule has 0 radical (unpaired) electrons. The largest absolute Gasteiger partial charge is 0.481 e. The van der Waals surface area contributed by atoms with Gasteiger partial charge in [0.15, 0.2) is 0 Å². The Bertz CT molecular complexity index is 398. The van der Waals surface area contributed by atoms with Crippen LogP contribution in [0.25, 0.3) is 0 Å². The van der Waals surface area contributed by atoms with Crippen LogP contribution in [-0.4, -0.2) is 17.6 Å². The number of aliphatic carboxylic acids is 1. The third kappa shape index (κ3) is 2.24. The molecular formula is C9H8ClF2NO2. The molecule has 3 N–H and O–H groups in total. The van der Waals surface area contributed by atoms with E-state index in [2.05, 4.69) is 0 Å². The first-order valence-electron chi connectivity index (χ1n) is 4.05. The minimum atomic E-state index is -1.28. The Kier molecular flexibility index (Phi) is 3.60. The Morgan fingerprint density at radius 1 is 1.53 bits per heavy atom. The first-order valence-corrected chi connectivity index (χ1v) is 4.43. The fourth-order valence-corrected chi connectivity index (χ4v) is 1.34. The van der Waals surface area contributed by atoms with Crippen molar-refractivity contribution in [3.8, 4) is 0 Å². The molecule has 0 aliphatic rings. The molecule has 0 heterocycles. The van der Waals surface area contributed by atoms with Crippen molar-refractivity contribution in [3.05, 3.63) is 34.4 Å². The Morgan fingerprint density at radius 2 is 2.13 bits per heavy atom. The van der Waals surface area contributed by atoms with E-state index in [0.29, 0.717) is 0 Å². The van der Waals surface area contributed by atoms with E-state index in [1.807, 2.05) is 0 Å². The van der Waals surface area contributed by atoms with Gasteiger partial charge >= 0.3 is 5.97 Å². The molecule has 0 spiro atoms. The molecule has 0 amide bonds. The Morgan fingerprint density at radius 3 is 2.60 bits per heavy atom. The van der Waals surface area contributed by atoms with Crippen molar-refractivity contribution in [1.29, 1.82) is 0 Å². The monoisotopic (exact) mass is 235 g/mol. The zero-order chi connectivity index (χ0) is 11.6. The van der Waals surface area contributed by atoms with Crippen molar-refractivity contribution in [2.75, 3.05) is 6.54 Å². The second-order valence-corrected chi connectivity index (χ2v) is 3.27. The van der Waals surface area contributed by atoms with Crippen LogP contribution < -0.4 is 5.73 Å². The minimum absolute atomic E-state index is 0.212. The summed E-state index contributed by atoms with van der Waals surface area (Å²) >= 11 is 5.30.